The lowest BCUT2D eigenvalue weighted by molar-refractivity contribution is -0.139. The molecule has 2 aromatic carbocycles. The highest BCUT2D eigenvalue weighted by molar-refractivity contribution is 9.10. The average Bonchev–Trinajstić information content (AvgIpc) is 2.60. The highest BCUT2D eigenvalue weighted by Crippen LogP contribution is 2.21. The number of amides is 2. The van der Waals surface area contributed by atoms with E-state index in [1.54, 1.807) is 12.1 Å². The van der Waals surface area contributed by atoms with Crippen molar-refractivity contribution in [2.24, 2.45) is 5.10 Å². The molecule has 0 spiro atoms. The Bertz CT molecular complexity index is 748. The van der Waals surface area contributed by atoms with Gasteiger partial charge in [-0.1, -0.05) is 46.3 Å². The molecule has 0 fully saturated rings. The van der Waals surface area contributed by atoms with Gasteiger partial charge in [0.05, 0.1) is 13.3 Å². The molecule has 0 radical (unpaired) electrons. The van der Waals surface area contributed by atoms with Crippen LogP contribution in [0.4, 0.5) is 0 Å². The molecule has 2 N–H and O–H groups in total. The molecule has 24 heavy (non-hydrogen) atoms. The number of carbonyl (C=O) groups excluding carboxylic acids is 2. The molecule has 2 amide bonds. The van der Waals surface area contributed by atoms with Crippen molar-refractivity contribution in [3.63, 3.8) is 0 Å². The lowest BCUT2D eigenvalue weighted by Gasteiger charge is -2.05. The molecule has 0 heterocycles. The lowest BCUT2D eigenvalue weighted by Crippen LogP contribution is -2.37. The summed E-state index contributed by atoms with van der Waals surface area (Å²) in [6.45, 7) is 0.274. The van der Waals surface area contributed by atoms with Crippen molar-refractivity contribution in [3.8, 4) is 5.75 Å². The number of halogens is 1. The maximum atomic E-state index is 11.7. The van der Waals surface area contributed by atoms with E-state index in [9.17, 15) is 9.59 Å². The van der Waals surface area contributed by atoms with Crippen LogP contribution in [0.25, 0.3) is 0 Å². The predicted octanol–water partition coefficient (Wildman–Crippen LogP) is 2.22. The zero-order valence-corrected chi connectivity index (χ0v) is 14.5. The van der Waals surface area contributed by atoms with Gasteiger partial charge in [0, 0.05) is 16.6 Å². The first-order valence-corrected chi connectivity index (χ1v) is 7.88. The smallest absolute Gasteiger partial charge is 0.329 e. The Kier molecular flexibility index (Phi) is 6.51. The minimum absolute atomic E-state index is 0.274. The Hall–Kier alpha value is -2.67. The fourth-order valence-electron chi connectivity index (χ4n) is 1.88. The number of hydrazone groups is 1. The summed E-state index contributed by atoms with van der Waals surface area (Å²) < 4.78 is 6.03. The third kappa shape index (κ3) is 5.20. The van der Waals surface area contributed by atoms with Gasteiger partial charge in [0.25, 0.3) is 0 Å². The number of methoxy groups -OCH3 is 1. The maximum absolute atomic E-state index is 11.7. The first kappa shape index (κ1) is 17.7. The number of hydrogen-bond acceptors (Lipinski definition) is 4. The molecule has 0 aliphatic carbocycles. The van der Waals surface area contributed by atoms with E-state index in [0.29, 0.717) is 11.3 Å². The van der Waals surface area contributed by atoms with Crippen molar-refractivity contribution in [1.29, 1.82) is 0 Å². The SMILES string of the molecule is COc1ccc(Br)cc1C=NNC(=O)C(=O)NCc1ccccc1. The zero-order valence-electron chi connectivity index (χ0n) is 13.0. The summed E-state index contributed by atoms with van der Waals surface area (Å²) in [6.07, 6.45) is 1.41. The molecule has 0 aromatic heterocycles. The second-order valence-electron chi connectivity index (χ2n) is 4.75. The predicted molar refractivity (Wildman–Crippen MR) is 94.7 cm³/mol. The van der Waals surface area contributed by atoms with E-state index in [-0.39, 0.29) is 6.54 Å². The average molecular weight is 390 g/mol. The van der Waals surface area contributed by atoms with E-state index in [2.05, 4.69) is 31.8 Å². The number of rotatable bonds is 5. The lowest BCUT2D eigenvalue weighted by atomic mass is 10.2. The Morgan fingerprint density at radius 1 is 1.17 bits per heavy atom. The van der Waals surface area contributed by atoms with Crippen LogP contribution in [0.2, 0.25) is 0 Å². The van der Waals surface area contributed by atoms with Crippen molar-refractivity contribution in [2.45, 2.75) is 6.54 Å². The van der Waals surface area contributed by atoms with E-state index >= 15 is 0 Å². The molecular formula is C17H16BrN3O3. The quantitative estimate of drug-likeness (QED) is 0.467. The van der Waals surface area contributed by atoms with Gasteiger partial charge in [-0.2, -0.15) is 5.10 Å². The number of nitrogens with zero attached hydrogens (tertiary/aromatic N) is 1. The minimum atomic E-state index is -0.837. The van der Waals surface area contributed by atoms with Gasteiger partial charge in [-0.15, -0.1) is 0 Å². The topological polar surface area (TPSA) is 79.8 Å². The molecule has 7 heteroatoms. The Labute approximate surface area is 148 Å². The van der Waals surface area contributed by atoms with Crippen molar-refractivity contribution in [1.82, 2.24) is 10.7 Å². The molecule has 2 rings (SSSR count). The minimum Gasteiger partial charge on any atom is -0.496 e. The van der Waals surface area contributed by atoms with Crippen LogP contribution < -0.4 is 15.5 Å². The van der Waals surface area contributed by atoms with Crippen LogP contribution in [-0.4, -0.2) is 25.1 Å². The molecule has 0 aliphatic rings. The normalized spacial score (nSPS) is 10.4. The third-order valence-electron chi connectivity index (χ3n) is 3.06. The summed E-state index contributed by atoms with van der Waals surface area (Å²) in [5.41, 5.74) is 3.75. The molecular weight excluding hydrogens is 374 g/mol. The summed E-state index contributed by atoms with van der Waals surface area (Å²) >= 11 is 3.34. The van der Waals surface area contributed by atoms with Gasteiger partial charge < -0.3 is 10.1 Å². The van der Waals surface area contributed by atoms with Gasteiger partial charge in [-0.05, 0) is 23.8 Å². The van der Waals surface area contributed by atoms with E-state index in [1.165, 1.54) is 13.3 Å². The monoisotopic (exact) mass is 389 g/mol. The number of carbonyl (C=O) groups is 2. The van der Waals surface area contributed by atoms with E-state index in [1.807, 2.05) is 36.4 Å². The fourth-order valence-corrected chi connectivity index (χ4v) is 2.25. The first-order valence-electron chi connectivity index (χ1n) is 7.09. The summed E-state index contributed by atoms with van der Waals surface area (Å²) in [5, 5.41) is 6.30. The second kappa shape index (κ2) is 8.83. The van der Waals surface area contributed by atoms with Crippen LogP contribution >= 0.6 is 15.9 Å². The number of nitrogens with one attached hydrogen (secondary N) is 2. The van der Waals surface area contributed by atoms with Crippen molar-refractivity contribution in [2.75, 3.05) is 7.11 Å². The van der Waals surface area contributed by atoms with Crippen molar-refractivity contribution < 1.29 is 14.3 Å². The second-order valence-corrected chi connectivity index (χ2v) is 5.67. The van der Waals surface area contributed by atoms with Crippen LogP contribution in [-0.2, 0) is 16.1 Å². The summed E-state index contributed by atoms with van der Waals surface area (Å²) in [5.74, 6) is -0.988. The maximum Gasteiger partial charge on any atom is 0.329 e. The Balaban J connectivity index is 1.88. The zero-order chi connectivity index (χ0) is 17.4. The molecule has 124 valence electrons. The van der Waals surface area contributed by atoms with Crippen LogP contribution in [0.15, 0.2) is 58.1 Å². The number of hydrogen-bond donors (Lipinski definition) is 2. The Morgan fingerprint density at radius 3 is 2.62 bits per heavy atom. The number of ether oxygens (including phenoxy) is 1. The molecule has 0 saturated carbocycles. The molecule has 2 aromatic rings. The van der Waals surface area contributed by atoms with Crippen LogP contribution in [0.1, 0.15) is 11.1 Å². The van der Waals surface area contributed by atoms with Gasteiger partial charge in [0.15, 0.2) is 0 Å². The van der Waals surface area contributed by atoms with E-state index in [0.717, 1.165) is 10.0 Å². The van der Waals surface area contributed by atoms with Crippen molar-refractivity contribution >= 4 is 34.0 Å². The number of benzene rings is 2. The van der Waals surface area contributed by atoms with Gasteiger partial charge in [-0.25, -0.2) is 5.43 Å². The molecule has 0 atom stereocenters. The molecule has 0 bridgehead atoms. The van der Waals surface area contributed by atoms with E-state index in [4.69, 9.17) is 4.74 Å². The standard InChI is InChI=1S/C17H16BrN3O3/c1-24-15-8-7-14(18)9-13(15)11-20-21-17(23)16(22)19-10-12-5-3-2-4-6-12/h2-9,11H,10H2,1H3,(H,19,22)(H,21,23). The summed E-state index contributed by atoms with van der Waals surface area (Å²) in [6, 6.07) is 14.7. The van der Waals surface area contributed by atoms with Gasteiger partial charge >= 0.3 is 11.8 Å². The van der Waals surface area contributed by atoms with Gasteiger partial charge in [0.2, 0.25) is 0 Å². The molecule has 0 aliphatic heterocycles. The third-order valence-corrected chi connectivity index (χ3v) is 3.56. The molecule has 6 nitrogen and oxygen atoms in total. The first-order chi connectivity index (χ1) is 11.6. The summed E-state index contributed by atoms with van der Waals surface area (Å²) in [4.78, 5) is 23.4. The van der Waals surface area contributed by atoms with Crippen LogP contribution in [0, 0.1) is 0 Å². The van der Waals surface area contributed by atoms with Crippen LogP contribution in [0.3, 0.4) is 0 Å². The van der Waals surface area contributed by atoms with Gasteiger partial charge in [-0.3, -0.25) is 9.59 Å². The highest BCUT2D eigenvalue weighted by atomic mass is 79.9. The van der Waals surface area contributed by atoms with E-state index < -0.39 is 11.8 Å². The van der Waals surface area contributed by atoms with Gasteiger partial charge in [0.1, 0.15) is 5.75 Å². The molecule has 0 unspecified atom stereocenters. The largest absolute Gasteiger partial charge is 0.496 e. The fraction of sp³-hybridized carbons (Fsp3) is 0.118. The van der Waals surface area contributed by atoms with Crippen LogP contribution in [0.5, 0.6) is 5.75 Å². The highest BCUT2D eigenvalue weighted by Gasteiger charge is 2.11. The molecule has 0 saturated heterocycles. The van der Waals surface area contributed by atoms with Crippen molar-refractivity contribution in [3.05, 3.63) is 64.1 Å². The summed E-state index contributed by atoms with van der Waals surface area (Å²) in [7, 11) is 1.54. The Morgan fingerprint density at radius 2 is 1.92 bits per heavy atom.